The maximum absolute atomic E-state index is 11.8. The Morgan fingerprint density at radius 3 is 2.62 bits per heavy atom. The molecule has 1 aromatic heterocycles. The van der Waals surface area contributed by atoms with Gasteiger partial charge in [0.15, 0.2) is 14.9 Å². The first kappa shape index (κ1) is 23.2. The first-order valence-electron chi connectivity index (χ1n) is 11.7. The van der Waals surface area contributed by atoms with Crippen LogP contribution < -0.4 is 4.90 Å². The van der Waals surface area contributed by atoms with Crippen LogP contribution in [0.15, 0.2) is 29.6 Å². The van der Waals surface area contributed by atoms with Crippen molar-refractivity contribution in [3.8, 4) is 0 Å². The molecule has 0 N–H and O–H groups in total. The molecule has 3 aliphatic rings. The van der Waals surface area contributed by atoms with E-state index in [9.17, 15) is 13.2 Å². The predicted octanol–water partition coefficient (Wildman–Crippen LogP) is 1.77. The molecule has 2 saturated heterocycles. The molecule has 0 atom stereocenters. The Morgan fingerprint density at radius 1 is 1.12 bits per heavy atom. The number of morpholine rings is 1. The molecule has 0 saturated carbocycles. The molecule has 1 spiro atoms. The van der Waals surface area contributed by atoms with Gasteiger partial charge in [-0.3, -0.25) is 0 Å². The van der Waals surface area contributed by atoms with Crippen LogP contribution in [0.5, 0.6) is 0 Å². The summed E-state index contributed by atoms with van der Waals surface area (Å²) in [6, 6.07) is 3.96. The molecule has 0 unspecified atom stereocenters. The Bertz CT molecular complexity index is 1190. The Kier molecular flexibility index (Phi) is 6.07. The van der Waals surface area contributed by atoms with Crippen LogP contribution >= 0.6 is 0 Å². The minimum absolute atomic E-state index is 0.00901. The van der Waals surface area contributed by atoms with Crippen LogP contribution in [0.3, 0.4) is 0 Å². The van der Waals surface area contributed by atoms with Crippen molar-refractivity contribution in [2.45, 2.75) is 43.4 Å². The highest BCUT2D eigenvalue weighted by atomic mass is 32.2. The van der Waals surface area contributed by atoms with E-state index in [0.29, 0.717) is 31.1 Å². The van der Waals surface area contributed by atoms with Crippen molar-refractivity contribution in [3.63, 3.8) is 0 Å². The first-order valence-corrected chi connectivity index (χ1v) is 13.6. The monoisotopic (exact) mass is 486 g/mol. The standard InChI is InChI=1S/C24H30N4O5S/c1-17-18(3-4-19-20(17)15-32-23(19)29)5-8-27-9-6-24(7-10-27)16-28(11-12-33-24)21-13-26-22(14-25-21)34(2,30)31/h3-4,13-14H,5-12,15-16H2,1-2H3. The fourth-order valence-corrected chi connectivity index (χ4v) is 5.63. The zero-order valence-electron chi connectivity index (χ0n) is 19.6. The molecule has 0 bridgehead atoms. The second-order valence-electron chi connectivity index (χ2n) is 9.48. The van der Waals surface area contributed by atoms with Crippen LogP contribution in [0.2, 0.25) is 0 Å². The Balaban J connectivity index is 1.17. The number of hydrogen-bond donors (Lipinski definition) is 0. The van der Waals surface area contributed by atoms with Gasteiger partial charge in [-0.1, -0.05) is 6.07 Å². The van der Waals surface area contributed by atoms with E-state index in [1.807, 2.05) is 6.07 Å². The topological polar surface area (TPSA) is 102 Å². The highest BCUT2D eigenvalue weighted by molar-refractivity contribution is 7.90. The Hall–Kier alpha value is -2.56. The van der Waals surface area contributed by atoms with Crippen molar-refractivity contribution in [1.29, 1.82) is 0 Å². The fourth-order valence-electron chi connectivity index (χ4n) is 5.14. The number of anilines is 1. The molecule has 4 heterocycles. The van der Waals surface area contributed by atoms with Crippen molar-refractivity contribution in [3.05, 3.63) is 46.8 Å². The average molecular weight is 487 g/mol. The number of carbonyl (C=O) groups excluding carboxylic acids is 1. The third kappa shape index (κ3) is 4.54. The fraction of sp³-hybridized carbons (Fsp3) is 0.542. The third-order valence-corrected chi connectivity index (χ3v) is 8.28. The van der Waals surface area contributed by atoms with Gasteiger partial charge in [0.25, 0.3) is 0 Å². The number of piperidine rings is 1. The Morgan fingerprint density at radius 2 is 1.91 bits per heavy atom. The highest BCUT2D eigenvalue weighted by Gasteiger charge is 2.40. The number of sulfone groups is 1. The number of hydrogen-bond acceptors (Lipinski definition) is 9. The first-order chi connectivity index (χ1) is 16.2. The van der Waals surface area contributed by atoms with Crippen molar-refractivity contribution in [2.24, 2.45) is 0 Å². The molecular weight excluding hydrogens is 456 g/mol. The van der Waals surface area contributed by atoms with E-state index < -0.39 is 9.84 Å². The number of fused-ring (bicyclic) bond motifs is 1. The third-order valence-electron chi connectivity index (χ3n) is 7.31. The molecular formula is C24H30N4O5S. The minimum atomic E-state index is -3.36. The van der Waals surface area contributed by atoms with E-state index in [-0.39, 0.29) is 16.6 Å². The molecule has 0 aliphatic carbocycles. The second kappa shape index (κ2) is 8.90. The summed E-state index contributed by atoms with van der Waals surface area (Å²) >= 11 is 0. The molecule has 1 aromatic carbocycles. The SMILES string of the molecule is Cc1c(CCN2CCC3(CC2)CN(c2cnc(S(C)(=O)=O)cn2)CCO3)ccc2c1COC2=O. The molecule has 3 aliphatic heterocycles. The maximum Gasteiger partial charge on any atom is 0.338 e. The summed E-state index contributed by atoms with van der Waals surface area (Å²) in [5.41, 5.74) is 3.96. The number of benzene rings is 1. The van der Waals surface area contributed by atoms with Crippen LogP contribution in [-0.4, -0.2) is 80.4 Å². The van der Waals surface area contributed by atoms with Gasteiger partial charge in [0.2, 0.25) is 0 Å². The van der Waals surface area contributed by atoms with E-state index in [1.54, 1.807) is 6.20 Å². The second-order valence-corrected chi connectivity index (χ2v) is 11.4. The number of aromatic nitrogens is 2. The number of nitrogens with zero attached hydrogens (tertiary/aromatic N) is 4. The lowest BCUT2D eigenvalue weighted by Gasteiger charge is -2.47. The summed E-state index contributed by atoms with van der Waals surface area (Å²) in [5.74, 6) is 0.469. The summed E-state index contributed by atoms with van der Waals surface area (Å²) in [7, 11) is -3.36. The summed E-state index contributed by atoms with van der Waals surface area (Å²) in [6.07, 6.45) is 6.82. The predicted molar refractivity (Wildman–Crippen MR) is 126 cm³/mol. The molecule has 2 fully saturated rings. The smallest absolute Gasteiger partial charge is 0.338 e. The largest absolute Gasteiger partial charge is 0.457 e. The molecule has 34 heavy (non-hydrogen) atoms. The van der Waals surface area contributed by atoms with Crippen LogP contribution in [0.25, 0.3) is 0 Å². The Labute approximate surface area is 200 Å². The van der Waals surface area contributed by atoms with Crippen LogP contribution in [-0.2, 0) is 32.3 Å². The molecule has 0 radical (unpaired) electrons. The maximum atomic E-state index is 11.8. The highest BCUT2D eigenvalue weighted by Crippen LogP contribution is 2.32. The van der Waals surface area contributed by atoms with Gasteiger partial charge in [0.05, 0.1) is 30.2 Å². The van der Waals surface area contributed by atoms with Gasteiger partial charge in [0, 0.05) is 44.5 Å². The number of ether oxygens (including phenoxy) is 2. The number of carbonyl (C=O) groups is 1. The zero-order valence-corrected chi connectivity index (χ0v) is 20.4. The summed E-state index contributed by atoms with van der Waals surface area (Å²) in [5, 5.41) is -0.00901. The lowest BCUT2D eigenvalue weighted by atomic mass is 9.89. The van der Waals surface area contributed by atoms with Crippen molar-refractivity contribution in [1.82, 2.24) is 14.9 Å². The van der Waals surface area contributed by atoms with Crippen LogP contribution in [0, 0.1) is 6.92 Å². The van der Waals surface area contributed by atoms with E-state index in [4.69, 9.17) is 9.47 Å². The normalized spacial score (nSPS) is 20.4. The lowest BCUT2D eigenvalue weighted by molar-refractivity contribution is -0.0911. The minimum Gasteiger partial charge on any atom is -0.457 e. The van der Waals surface area contributed by atoms with E-state index >= 15 is 0 Å². The number of esters is 1. The molecule has 9 nitrogen and oxygen atoms in total. The molecule has 2 aromatic rings. The van der Waals surface area contributed by atoms with Gasteiger partial charge >= 0.3 is 5.97 Å². The zero-order chi connectivity index (χ0) is 23.9. The van der Waals surface area contributed by atoms with E-state index in [1.165, 1.54) is 17.3 Å². The molecule has 10 heteroatoms. The summed E-state index contributed by atoms with van der Waals surface area (Å²) in [4.78, 5) is 24.8. The molecule has 182 valence electrons. The lowest BCUT2D eigenvalue weighted by Crippen LogP contribution is -2.57. The summed E-state index contributed by atoms with van der Waals surface area (Å²) < 4.78 is 34.8. The van der Waals surface area contributed by atoms with Gasteiger partial charge in [-0.05, 0) is 43.4 Å². The van der Waals surface area contributed by atoms with E-state index in [2.05, 4.69) is 32.8 Å². The number of cyclic esters (lactones) is 1. The van der Waals surface area contributed by atoms with Gasteiger partial charge in [-0.25, -0.2) is 23.2 Å². The van der Waals surface area contributed by atoms with Gasteiger partial charge in [-0.2, -0.15) is 0 Å². The molecule has 0 amide bonds. The van der Waals surface area contributed by atoms with Crippen LogP contribution in [0.4, 0.5) is 5.82 Å². The average Bonchev–Trinajstić information content (AvgIpc) is 3.21. The van der Waals surface area contributed by atoms with Gasteiger partial charge < -0.3 is 19.3 Å². The van der Waals surface area contributed by atoms with Crippen molar-refractivity contribution >= 4 is 21.6 Å². The molecule has 5 rings (SSSR count). The van der Waals surface area contributed by atoms with Crippen molar-refractivity contribution in [2.75, 3.05) is 50.5 Å². The van der Waals surface area contributed by atoms with Gasteiger partial charge in [0.1, 0.15) is 12.4 Å². The number of likely N-dealkylation sites (tertiary alicyclic amines) is 1. The van der Waals surface area contributed by atoms with E-state index in [0.717, 1.165) is 57.3 Å². The van der Waals surface area contributed by atoms with Crippen molar-refractivity contribution < 1.29 is 22.7 Å². The summed E-state index contributed by atoms with van der Waals surface area (Å²) in [6.45, 7) is 7.40. The number of rotatable bonds is 5. The quantitative estimate of drug-likeness (QED) is 0.585. The van der Waals surface area contributed by atoms with Crippen LogP contribution in [0.1, 0.15) is 39.9 Å². The van der Waals surface area contributed by atoms with Gasteiger partial charge in [-0.15, -0.1) is 0 Å².